The van der Waals surface area contributed by atoms with Gasteiger partial charge in [0.2, 0.25) is 10.0 Å². The zero-order chi connectivity index (χ0) is 18.1. The lowest BCUT2D eigenvalue weighted by molar-refractivity contribution is 0.309. The van der Waals surface area contributed by atoms with Gasteiger partial charge in [-0.15, -0.1) is 0 Å². The van der Waals surface area contributed by atoms with E-state index in [2.05, 4.69) is 21.0 Å². The molecule has 4 rings (SSSR count). The predicted octanol–water partition coefficient (Wildman–Crippen LogP) is 2.25. The fourth-order valence-corrected chi connectivity index (χ4v) is 5.61. The Morgan fingerprint density at radius 3 is 2.73 bits per heavy atom. The van der Waals surface area contributed by atoms with Gasteiger partial charge in [0.25, 0.3) is 0 Å². The summed E-state index contributed by atoms with van der Waals surface area (Å²) in [6.45, 7) is 5.21. The van der Waals surface area contributed by atoms with E-state index in [0.29, 0.717) is 19.5 Å². The fourth-order valence-electron chi connectivity index (χ4n) is 4.02. The van der Waals surface area contributed by atoms with Gasteiger partial charge < -0.3 is 4.90 Å². The van der Waals surface area contributed by atoms with E-state index < -0.39 is 10.0 Å². The average Bonchev–Trinajstić information content (AvgIpc) is 3.31. The molecule has 0 spiro atoms. The van der Waals surface area contributed by atoms with E-state index in [1.165, 1.54) is 18.5 Å². The van der Waals surface area contributed by atoms with Gasteiger partial charge in [-0.3, -0.25) is 0 Å². The molecule has 0 saturated carbocycles. The van der Waals surface area contributed by atoms with Gasteiger partial charge in [0.05, 0.1) is 17.6 Å². The SMILES string of the molecule is CCCS(=O)(=O)N1CCC[C@@H](c2nc3ccc(N4CCCC4)cn3n2)C1. The summed E-state index contributed by atoms with van der Waals surface area (Å²) in [5.74, 6) is 1.06. The van der Waals surface area contributed by atoms with Crippen LogP contribution < -0.4 is 4.90 Å². The lowest BCUT2D eigenvalue weighted by Crippen LogP contribution is -2.40. The zero-order valence-corrected chi connectivity index (χ0v) is 16.2. The first kappa shape index (κ1) is 17.7. The molecular weight excluding hydrogens is 350 g/mol. The normalized spacial score (nSPS) is 22.3. The third kappa shape index (κ3) is 3.44. The Balaban J connectivity index is 1.56. The summed E-state index contributed by atoms with van der Waals surface area (Å²) in [6.07, 6.45) is 6.98. The van der Waals surface area contributed by atoms with Crippen LogP contribution in [0.2, 0.25) is 0 Å². The second kappa shape index (κ2) is 7.15. The first-order chi connectivity index (χ1) is 12.6. The molecule has 2 aliphatic rings. The zero-order valence-electron chi connectivity index (χ0n) is 15.3. The van der Waals surface area contributed by atoms with Crippen molar-refractivity contribution >= 4 is 21.4 Å². The van der Waals surface area contributed by atoms with E-state index in [-0.39, 0.29) is 11.7 Å². The van der Waals surface area contributed by atoms with E-state index >= 15 is 0 Å². The van der Waals surface area contributed by atoms with Crippen LogP contribution in [0.25, 0.3) is 5.65 Å². The van der Waals surface area contributed by atoms with Crippen molar-refractivity contribution < 1.29 is 8.42 Å². The highest BCUT2D eigenvalue weighted by molar-refractivity contribution is 7.89. The van der Waals surface area contributed by atoms with Crippen molar-refractivity contribution in [1.82, 2.24) is 18.9 Å². The number of hydrogen-bond donors (Lipinski definition) is 0. The fraction of sp³-hybridized carbons (Fsp3) is 0.667. The van der Waals surface area contributed by atoms with Crippen molar-refractivity contribution in [2.75, 3.05) is 36.8 Å². The van der Waals surface area contributed by atoms with Gasteiger partial charge in [-0.25, -0.2) is 22.2 Å². The molecule has 1 atom stereocenters. The van der Waals surface area contributed by atoms with E-state index in [1.54, 1.807) is 4.31 Å². The minimum atomic E-state index is -3.16. The molecule has 2 aromatic heterocycles. The van der Waals surface area contributed by atoms with E-state index in [9.17, 15) is 8.42 Å². The first-order valence-electron chi connectivity index (χ1n) is 9.66. The number of hydrogen-bond acceptors (Lipinski definition) is 5. The Labute approximate surface area is 155 Å². The number of rotatable bonds is 5. The summed E-state index contributed by atoms with van der Waals surface area (Å²) >= 11 is 0. The number of piperidine rings is 1. The lowest BCUT2D eigenvalue weighted by atomic mass is 9.99. The minimum Gasteiger partial charge on any atom is -0.370 e. The van der Waals surface area contributed by atoms with Gasteiger partial charge in [0.15, 0.2) is 11.5 Å². The van der Waals surface area contributed by atoms with Crippen molar-refractivity contribution in [3.63, 3.8) is 0 Å². The third-order valence-electron chi connectivity index (χ3n) is 5.41. The summed E-state index contributed by atoms with van der Waals surface area (Å²) < 4.78 is 28.3. The third-order valence-corrected chi connectivity index (χ3v) is 7.45. The minimum absolute atomic E-state index is 0.0746. The van der Waals surface area contributed by atoms with Crippen molar-refractivity contribution in [2.24, 2.45) is 0 Å². The number of nitrogens with zero attached hydrogens (tertiary/aromatic N) is 5. The second-order valence-electron chi connectivity index (χ2n) is 7.37. The van der Waals surface area contributed by atoms with Gasteiger partial charge in [-0.2, -0.15) is 5.10 Å². The molecule has 2 aromatic rings. The molecule has 26 heavy (non-hydrogen) atoms. The molecule has 0 N–H and O–H groups in total. The summed E-state index contributed by atoms with van der Waals surface area (Å²) in [5, 5.41) is 4.69. The van der Waals surface area contributed by atoms with Crippen LogP contribution in [-0.2, 0) is 10.0 Å². The molecule has 0 bridgehead atoms. The molecule has 142 valence electrons. The van der Waals surface area contributed by atoms with Crippen LogP contribution in [0, 0.1) is 0 Å². The number of pyridine rings is 1. The van der Waals surface area contributed by atoms with Crippen molar-refractivity contribution in [3.05, 3.63) is 24.2 Å². The van der Waals surface area contributed by atoms with Crippen molar-refractivity contribution in [1.29, 1.82) is 0 Å². The van der Waals surface area contributed by atoms with Crippen LogP contribution in [0.3, 0.4) is 0 Å². The Morgan fingerprint density at radius 2 is 1.96 bits per heavy atom. The standard InChI is InChI=1S/C18H27N5O2S/c1-2-12-26(24,25)22-11-5-6-15(13-22)18-19-17-8-7-16(14-23(17)20-18)21-9-3-4-10-21/h7-8,14-15H,2-6,9-13H2,1H3/t15-/m1/s1. The van der Waals surface area contributed by atoms with Crippen molar-refractivity contribution in [3.8, 4) is 0 Å². The molecule has 2 saturated heterocycles. The van der Waals surface area contributed by atoms with Crippen LogP contribution in [-0.4, -0.2) is 59.3 Å². The highest BCUT2D eigenvalue weighted by Crippen LogP contribution is 2.28. The molecule has 0 unspecified atom stereocenters. The topological polar surface area (TPSA) is 70.8 Å². The van der Waals surface area contributed by atoms with Gasteiger partial charge in [-0.05, 0) is 44.2 Å². The molecule has 0 aromatic carbocycles. The quantitative estimate of drug-likeness (QED) is 0.799. The molecule has 0 radical (unpaired) electrons. The number of anilines is 1. The smallest absolute Gasteiger partial charge is 0.214 e. The van der Waals surface area contributed by atoms with Crippen molar-refractivity contribution in [2.45, 2.75) is 44.9 Å². The van der Waals surface area contributed by atoms with Gasteiger partial charge >= 0.3 is 0 Å². The van der Waals surface area contributed by atoms with Gasteiger partial charge in [0.1, 0.15) is 0 Å². The van der Waals surface area contributed by atoms with Gasteiger partial charge in [-0.1, -0.05) is 6.92 Å². The molecule has 8 heteroatoms. The van der Waals surface area contributed by atoms with Crippen LogP contribution in [0.4, 0.5) is 5.69 Å². The predicted molar refractivity (Wildman–Crippen MR) is 102 cm³/mol. The van der Waals surface area contributed by atoms with E-state index in [4.69, 9.17) is 0 Å². The van der Waals surface area contributed by atoms with Gasteiger partial charge in [0, 0.05) is 32.1 Å². The summed E-state index contributed by atoms with van der Waals surface area (Å²) in [4.78, 5) is 7.05. The van der Waals surface area contributed by atoms with E-state index in [1.807, 2.05) is 23.7 Å². The number of aromatic nitrogens is 3. The Hall–Kier alpha value is -1.67. The Morgan fingerprint density at radius 1 is 1.15 bits per heavy atom. The van der Waals surface area contributed by atoms with Crippen LogP contribution in [0.15, 0.2) is 18.3 Å². The highest BCUT2D eigenvalue weighted by atomic mass is 32.2. The summed E-state index contributed by atoms with van der Waals surface area (Å²) in [6, 6.07) is 4.12. The average molecular weight is 378 g/mol. The van der Waals surface area contributed by atoms with Crippen LogP contribution in [0.5, 0.6) is 0 Å². The number of sulfonamides is 1. The molecular formula is C18H27N5O2S. The largest absolute Gasteiger partial charge is 0.370 e. The monoisotopic (exact) mass is 377 g/mol. The van der Waals surface area contributed by atoms with E-state index in [0.717, 1.165) is 37.4 Å². The maximum atomic E-state index is 12.4. The Kier molecular flexibility index (Phi) is 4.88. The first-order valence-corrected chi connectivity index (χ1v) is 11.3. The molecule has 0 aliphatic carbocycles. The molecule has 2 fully saturated rings. The highest BCUT2D eigenvalue weighted by Gasteiger charge is 2.31. The van der Waals surface area contributed by atoms with Crippen LogP contribution >= 0.6 is 0 Å². The summed E-state index contributed by atoms with van der Waals surface area (Å²) in [5.41, 5.74) is 2.01. The molecule has 0 amide bonds. The maximum absolute atomic E-state index is 12.4. The molecule has 2 aliphatic heterocycles. The maximum Gasteiger partial charge on any atom is 0.214 e. The van der Waals surface area contributed by atoms with Crippen LogP contribution in [0.1, 0.15) is 50.8 Å². The number of fused-ring (bicyclic) bond motifs is 1. The second-order valence-corrected chi connectivity index (χ2v) is 9.46. The lowest BCUT2D eigenvalue weighted by Gasteiger charge is -2.30. The Bertz CT molecular complexity index is 873. The summed E-state index contributed by atoms with van der Waals surface area (Å²) in [7, 11) is -3.16. The molecule has 4 heterocycles. The molecule has 7 nitrogen and oxygen atoms in total.